The van der Waals surface area contributed by atoms with Gasteiger partial charge in [0, 0.05) is 11.3 Å². The van der Waals surface area contributed by atoms with E-state index < -0.39 is 19.9 Å². The zero-order valence-electron chi connectivity index (χ0n) is 11.4. The van der Waals surface area contributed by atoms with Crippen LogP contribution in [0.2, 0.25) is 0 Å². The standard InChI is InChI=1S/C12H30N2O2Si/c1-3-5-7-9-11(13)17(15,16)12(14)10-8-6-4-2/h11-12,15-16H,3-10,13-14H2,1-2H3. The Labute approximate surface area is 107 Å². The first-order chi connectivity index (χ1) is 7.96. The number of rotatable bonds is 10. The lowest BCUT2D eigenvalue weighted by Gasteiger charge is -2.30. The molecule has 6 N–H and O–H groups in total. The van der Waals surface area contributed by atoms with Crippen LogP contribution < -0.4 is 11.5 Å². The summed E-state index contributed by atoms with van der Waals surface area (Å²) in [5.41, 5.74) is 10.7. The summed E-state index contributed by atoms with van der Waals surface area (Å²) in [5, 5.41) is 0. The highest BCUT2D eigenvalue weighted by molar-refractivity contribution is 6.68. The third kappa shape index (κ3) is 6.52. The zero-order chi connectivity index (χ0) is 13.3. The maximum Gasteiger partial charge on any atom is 0.367 e. The van der Waals surface area contributed by atoms with E-state index in [0.717, 1.165) is 38.5 Å². The summed E-state index contributed by atoms with van der Waals surface area (Å²) in [6.07, 6.45) is 7.65. The molecule has 0 saturated carbocycles. The number of nitrogens with two attached hydrogens (primary N) is 2. The molecular formula is C12H30N2O2Si. The van der Waals surface area contributed by atoms with Crippen LogP contribution in [0.5, 0.6) is 0 Å². The largest absolute Gasteiger partial charge is 0.409 e. The van der Waals surface area contributed by atoms with E-state index in [1.807, 2.05) is 0 Å². The van der Waals surface area contributed by atoms with E-state index in [-0.39, 0.29) is 0 Å². The summed E-state index contributed by atoms with van der Waals surface area (Å²) in [4.78, 5) is 20.2. The highest BCUT2D eigenvalue weighted by Crippen LogP contribution is 2.15. The second-order valence-electron chi connectivity index (χ2n) is 4.99. The molecule has 17 heavy (non-hydrogen) atoms. The van der Waals surface area contributed by atoms with E-state index in [4.69, 9.17) is 11.5 Å². The Bertz CT molecular complexity index is 173. The molecule has 0 aromatic heterocycles. The average molecular weight is 262 g/mol. The van der Waals surface area contributed by atoms with Gasteiger partial charge in [-0.1, -0.05) is 52.4 Å². The van der Waals surface area contributed by atoms with Crippen LogP contribution in [0.3, 0.4) is 0 Å². The highest BCUT2D eigenvalue weighted by Gasteiger charge is 2.42. The third-order valence-electron chi connectivity index (χ3n) is 3.33. The summed E-state index contributed by atoms with van der Waals surface area (Å²) in [6, 6.07) is 0. The fraction of sp³-hybridized carbons (Fsp3) is 1.00. The van der Waals surface area contributed by atoms with E-state index >= 15 is 0 Å². The molecule has 0 saturated heterocycles. The summed E-state index contributed by atoms with van der Waals surface area (Å²) in [5.74, 6) is 0. The van der Waals surface area contributed by atoms with Crippen molar-refractivity contribution in [1.82, 2.24) is 0 Å². The number of hydrogen-bond acceptors (Lipinski definition) is 4. The molecule has 5 heteroatoms. The molecule has 104 valence electrons. The van der Waals surface area contributed by atoms with Crippen LogP contribution in [-0.4, -0.2) is 29.5 Å². The van der Waals surface area contributed by atoms with Gasteiger partial charge in [-0.15, -0.1) is 0 Å². The predicted octanol–water partition coefficient (Wildman–Crippen LogP) is 1.31. The monoisotopic (exact) mass is 262 g/mol. The Morgan fingerprint density at radius 1 is 0.824 bits per heavy atom. The van der Waals surface area contributed by atoms with Crippen molar-refractivity contribution in [2.45, 2.75) is 76.5 Å². The highest BCUT2D eigenvalue weighted by atomic mass is 28.4. The van der Waals surface area contributed by atoms with Gasteiger partial charge in [0.1, 0.15) is 0 Å². The van der Waals surface area contributed by atoms with E-state index in [0.29, 0.717) is 12.8 Å². The summed E-state index contributed by atoms with van der Waals surface area (Å²) < 4.78 is 0. The van der Waals surface area contributed by atoms with E-state index in [9.17, 15) is 9.59 Å². The molecule has 0 radical (unpaired) electrons. The second kappa shape index (κ2) is 9.05. The van der Waals surface area contributed by atoms with E-state index in [1.165, 1.54) is 0 Å². The summed E-state index contributed by atoms with van der Waals surface area (Å²) >= 11 is 0. The molecular weight excluding hydrogens is 232 g/mol. The van der Waals surface area contributed by atoms with Crippen molar-refractivity contribution in [2.75, 3.05) is 0 Å². The lowest BCUT2D eigenvalue weighted by molar-refractivity contribution is 0.309. The molecule has 0 spiro atoms. The summed E-state index contributed by atoms with van der Waals surface area (Å²) in [7, 11) is -3.45. The Kier molecular flexibility index (Phi) is 9.08. The van der Waals surface area contributed by atoms with Crippen LogP contribution in [0.4, 0.5) is 0 Å². The first-order valence-electron chi connectivity index (χ1n) is 6.92. The minimum atomic E-state index is -3.45. The fourth-order valence-corrected chi connectivity index (χ4v) is 3.74. The molecule has 0 fully saturated rings. The van der Waals surface area contributed by atoms with Crippen molar-refractivity contribution in [3.05, 3.63) is 0 Å². The molecule has 0 amide bonds. The molecule has 0 aliphatic carbocycles. The Morgan fingerprint density at radius 3 is 1.47 bits per heavy atom. The molecule has 0 bridgehead atoms. The van der Waals surface area contributed by atoms with Crippen molar-refractivity contribution in [3.63, 3.8) is 0 Å². The van der Waals surface area contributed by atoms with Gasteiger partial charge in [0.25, 0.3) is 0 Å². The molecule has 0 heterocycles. The molecule has 2 atom stereocenters. The lowest BCUT2D eigenvalue weighted by atomic mass is 10.2. The van der Waals surface area contributed by atoms with Gasteiger partial charge in [-0.2, -0.15) is 0 Å². The molecule has 0 rings (SSSR count). The van der Waals surface area contributed by atoms with Crippen molar-refractivity contribution < 1.29 is 9.59 Å². The van der Waals surface area contributed by atoms with Gasteiger partial charge in [0.2, 0.25) is 0 Å². The van der Waals surface area contributed by atoms with Crippen LogP contribution in [0.1, 0.15) is 65.2 Å². The Morgan fingerprint density at radius 2 is 1.18 bits per heavy atom. The number of unbranched alkanes of at least 4 members (excludes halogenated alkanes) is 4. The van der Waals surface area contributed by atoms with Crippen molar-refractivity contribution in [3.8, 4) is 0 Å². The first-order valence-corrected chi connectivity index (χ1v) is 8.97. The van der Waals surface area contributed by atoms with E-state index in [1.54, 1.807) is 0 Å². The SMILES string of the molecule is CCCCCC(N)[Si](O)(O)C(N)CCCCC. The van der Waals surface area contributed by atoms with Crippen molar-refractivity contribution in [1.29, 1.82) is 0 Å². The number of hydrogen-bond donors (Lipinski definition) is 4. The summed E-state index contributed by atoms with van der Waals surface area (Å²) in [6.45, 7) is 4.23. The van der Waals surface area contributed by atoms with Gasteiger partial charge in [0.15, 0.2) is 0 Å². The van der Waals surface area contributed by atoms with Crippen molar-refractivity contribution >= 4 is 8.56 Å². The molecule has 0 aliphatic rings. The van der Waals surface area contributed by atoms with Gasteiger partial charge in [-0.25, -0.2) is 0 Å². The van der Waals surface area contributed by atoms with Gasteiger partial charge < -0.3 is 21.1 Å². The van der Waals surface area contributed by atoms with Crippen LogP contribution in [-0.2, 0) is 0 Å². The minimum absolute atomic E-state index is 0.509. The van der Waals surface area contributed by atoms with Crippen LogP contribution in [0.15, 0.2) is 0 Å². The first kappa shape index (κ1) is 17.1. The van der Waals surface area contributed by atoms with E-state index in [2.05, 4.69) is 13.8 Å². The molecule has 0 aromatic rings. The third-order valence-corrected chi connectivity index (χ3v) is 6.09. The maximum atomic E-state index is 10.1. The Hall–Kier alpha value is 0.0569. The Balaban J connectivity index is 4.03. The van der Waals surface area contributed by atoms with Gasteiger partial charge >= 0.3 is 8.56 Å². The predicted molar refractivity (Wildman–Crippen MR) is 74.4 cm³/mol. The topological polar surface area (TPSA) is 92.5 Å². The molecule has 2 unspecified atom stereocenters. The smallest absolute Gasteiger partial charge is 0.367 e. The molecule has 0 aromatic carbocycles. The normalized spacial score (nSPS) is 15.9. The molecule has 0 aliphatic heterocycles. The quantitative estimate of drug-likeness (QED) is 0.353. The average Bonchev–Trinajstić information content (AvgIpc) is 2.29. The van der Waals surface area contributed by atoms with Crippen molar-refractivity contribution in [2.24, 2.45) is 11.5 Å². The van der Waals surface area contributed by atoms with Crippen LogP contribution >= 0.6 is 0 Å². The van der Waals surface area contributed by atoms with Gasteiger partial charge in [-0.3, -0.25) is 0 Å². The van der Waals surface area contributed by atoms with Crippen LogP contribution in [0, 0.1) is 0 Å². The fourth-order valence-electron chi connectivity index (χ4n) is 1.93. The lowest BCUT2D eigenvalue weighted by Crippen LogP contribution is -2.65. The maximum absolute atomic E-state index is 10.1. The minimum Gasteiger partial charge on any atom is -0.409 e. The zero-order valence-corrected chi connectivity index (χ0v) is 12.4. The van der Waals surface area contributed by atoms with Crippen LogP contribution in [0.25, 0.3) is 0 Å². The van der Waals surface area contributed by atoms with Gasteiger partial charge in [0.05, 0.1) is 0 Å². The van der Waals surface area contributed by atoms with Gasteiger partial charge in [-0.05, 0) is 12.8 Å². The second-order valence-corrected chi connectivity index (χ2v) is 8.04. The molecule has 4 nitrogen and oxygen atoms in total.